The van der Waals surface area contributed by atoms with Crippen LogP contribution in [0.15, 0.2) is 34.8 Å². The summed E-state index contributed by atoms with van der Waals surface area (Å²) < 4.78 is 12.8. The number of β-amino-alcohol motifs (C(OH)–C–C–N with tert-alkyl or cyclic N) is 1. The number of aliphatic hydroxyl groups is 1. The largest absolute Gasteiger partial charge is 0.481 e. The summed E-state index contributed by atoms with van der Waals surface area (Å²) in [6, 6.07) is 10.2. The van der Waals surface area contributed by atoms with Gasteiger partial charge in [0, 0.05) is 35.7 Å². The maximum Gasteiger partial charge on any atom is 0.220 e. The quantitative estimate of drug-likeness (QED) is 0.805. The third-order valence-corrected chi connectivity index (χ3v) is 5.91. The molecule has 0 saturated carbocycles. The lowest BCUT2D eigenvalue weighted by molar-refractivity contribution is 0.174. The molecule has 2 atom stereocenters. The van der Waals surface area contributed by atoms with Crippen molar-refractivity contribution in [2.24, 2.45) is 0 Å². The molecule has 138 valence electrons. The van der Waals surface area contributed by atoms with Gasteiger partial charge in [-0.2, -0.15) is 4.98 Å². The van der Waals surface area contributed by atoms with E-state index in [2.05, 4.69) is 37.9 Å². The molecule has 1 aromatic carbocycles. The van der Waals surface area contributed by atoms with E-state index in [1.54, 1.807) is 7.11 Å². The number of fused-ring (bicyclic) bond motifs is 1. The molecule has 1 aliphatic heterocycles. The van der Waals surface area contributed by atoms with Crippen LogP contribution in [0.2, 0.25) is 0 Å². The molecule has 2 aliphatic rings. The maximum atomic E-state index is 9.70. The van der Waals surface area contributed by atoms with Crippen molar-refractivity contribution in [3.8, 4) is 11.8 Å². The Labute approximate surface area is 162 Å². The van der Waals surface area contributed by atoms with E-state index in [4.69, 9.17) is 9.47 Å². The van der Waals surface area contributed by atoms with E-state index in [1.165, 1.54) is 11.1 Å². The molecule has 0 unspecified atom stereocenters. The Hall–Kier alpha value is -1.63. The van der Waals surface area contributed by atoms with Gasteiger partial charge in [0.15, 0.2) is 0 Å². The average molecular weight is 419 g/mol. The van der Waals surface area contributed by atoms with Gasteiger partial charge in [-0.05, 0) is 42.5 Å². The monoisotopic (exact) mass is 418 g/mol. The van der Waals surface area contributed by atoms with E-state index in [0.29, 0.717) is 18.3 Å². The molecule has 1 aromatic heterocycles. The summed E-state index contributed by atoms with van der Waals surface area (Å²) in [6.45, 7) is 2.33. The normalized spacial score (nSPS) is 22.4. The van der Waals surface area contributed by atoms with Gasteiger partial charge in [-0.15, -0.1) is 0 Å². The molecular formula is C20H23BrN2O3. The first-order valence-corrected chi connectivity index (χ1v) is 9.81. The van der Waals surface area contributed by atoms with Gasteiger partial charge in [0.25, 0.3) is 0 Å². The van der Waals surface area contributed by atoms with Crippen molar-refractivity contribution >= 4 is 15.9 Å². The predicted octanol–water partition coefficient (Wildman–Crippen LogP) is 3.49. The maximum absolute atomic E-state index is 9.70. The van der Waals surface area contributed by atoms with E-state index in [1.807, 2.05) is 18.2 Å². The summed E-state index contributed by atoms with van der Waals surface area (Å²) in [6.07, 6.45) is 2.59. The van der Waals surface area contributed by atoms with Crippen molar-refractivity contribution in [2.45, 2.75) is 38.0 Å². The molecule has 2 aromatic rings. The SMILES string of the molecule is COc1nc(O[C@H]2CCc3c(Br)cccc32)ccc1CN1CC[C@@H](O)C1. The number of nitrogens with zero attached hydrogens (tertiary/aromatic N) is 2. The average Bonchev–Trinajstić information content (AvgIpc) is 3.23. The van der Waals surface area contributed by atoms with E-state index < -0.39 is 0 Å². The van der Waals surface area contributed by atoms with E-state index in [0.717, 1.165) is 42.4 Å². The van der Waals surface area contributed by atoms with Gasteiger partial charge in [0.1, 0.15) is 6.10 Å². The second-order valence-corrected chi connectivity index (χ2v) is 7.80. The number of ether oxygens (including phenoxy) is 2. The first-order chi connectivity index (χ1) is 12.6. The van der Waals surface area contributed by atoms with Gasteiger partial charge in [0.2, 0.25) is 11.8 Å². The van der Waals surface area contributed by atoms with Gasteiger partial charge in [-0.3, -0.25) is 4.90 Å². The molecule has 1 saturated heterocycles. The van der Waals surface area contributed by atoms with Crippen LogP contribution in [-0.2, 0) is 13.0 Å². The van der Waals surface area contributed by atoms with Crippen molar-refractivity contribution < 1.29 is 14.6 Å². The van der Waals surface area contributed by atoms with Crippen molar-refractivity contribution in [3.63, 3.8) is 0 Å². The second kappa shape index (κ2) is 7.55. The summed E-state index contributed by atoms with van der Waals surface area (Å²) >= 11 is 3.62. The molecule has 4 rings (SSSR count). The van der Waals surface area contributed by atoms with Gasteiger partial charge < -0.3 is 14.6 Å². The van der Waals surface area contributed by atoms with Gasteiger partial charge in [-0.25, -0.2) is 0 Å². The van der Waals surface area contributed by atoms with Crippen molar-refractivity contribution in [2.75, 3.05) is 20.2 Å². The summed E-state index contributed by atoms with van der Waals surface area (Å²) in [5.41, 5.74) is 3.58. The van der Waals surface area contributed by atoms with E-state index in [-0.39, 0.29) is 12.2 Å². The van der Waals surface area contributed by atoms with Crippen LogP contribution in [0.1, 0.15) is 35.6 Å². The van der Waals surface area contributed by atoms with E-state index >= 15 is 0 Å². The van der Waals surface area contributed by atoms with Crippen LogP contribution in [0, 0.1) is 0 Å². The first kappa shape index (κ1) is 17.8. The molecule has 26 heavy (non-hydrogen) atoms. The molecule has 5 nitrogen and oxygen atoms in total. The Morgan fingerprint density at radius 3 is 2.92 bits per heavy atom. The molecule has 1 fully saturated rings. The Morgan fingerprint density at radius 2 is 2.15 bits per heavy atom. The summed E-state index contributed by atoms with van der Waals surface area (Å²) in [4.78, 5) is 6.78. The number of likely N-dealkylation sites (tertiary alicyclic amines) is 1. The molecule has 0 bridgehead atoms. The fourth-order valence-electron chi connectivity index (χ4n) is 3.85. The number of methoxy groups -OCH3 is 1. The number of rotatable bonds is 5. The number of benzene rings is 1. The van der Waals surface area contributed by atoms with Crippen LogP contribution in [-0.4, -0.2) is 41.3 Å². The third-order valence-electron chi connectivity index (χ3n) is 5.17. The number of aliphatic hydroxyl groups excluding tert-OH is 1. The Morgan fingerprint density at radius 1 is 1.27 bits per heavy atom. The van der Waals surface area contributed by atoms with Crippen LogP contribution < -0.4 is 9.47 Å². The lowest BCUT2D eigenvalue weighted by Gasteiger charge is -2.18. The fourth-order valence-corrected chi connectivity index (χ4v) is 4.43. The topological polar surface area (TPSA) is 54.8 Å². The Bertz CT molecular complexity index is 799. The summed E-state index contributed by atoms with van der Waals surface area (Å²) in [5, 5.41) is 9.70. The molecule has 0 amide bonds. The highest BCUT2D eigenvalue weighted by Crippen LogP contribution is 2.38. The minimum absolute atomic E-state index is 0.0271. The zero-order valence-electron chi connectivity index (χ0n) is 14.8. The number of aromatic nitrogens is 1. The lowest BCUT2D eigenvalue weighted by atomic mass is 10.1. The molecule has 0 radical (unpaired) electrons. The molecule has 0 spiro atoms. The van der Waals surface area contributed by atoms with Crippen molar-refractivity contribution in [1.82, 2.24) is 9.88 Å². The minimum atomic E-state index is -0.224. The first-order valence-electron chi connectivity index (χ1n) is 9.02. The highest BCUT2D eigenvalue weighted by molar-refractivity contribution is 9.10. The Kier molecular flexibility index (Phi) is 5.16. The molecule has 1 N–H and O–H groups in total. The molecule has 2 heterocycles. The van der Waals surface area contributed by atoms with Gasteiger partial charge in [-0.1, -0.05) is 28.1 Å². The van der Waals surface area contributed by atoms with Crippen LogP contribution in [0.25, 0.3) is 0 Å². The van der Waals surface area contributed by atoms with Crippen molar-refractivity contribution in [3.05, 3.63) is 51.5 Å². The van der Waals surface area contributed by atoms with Crippen molar-refractivity contribution in [1.29, 1.82) is 0 Å². The Balaban J connectivity index is 1.49. The van der Waals surface area contributed by atoms with Crippen LogP contribution in [0.5, 0.6) is 11.8 Å². The van der Waals surface area contributed by atoms with Crippen LogP contribution in [0.4, 0.5) is 0 Å². The summed E-state index contributed by atoms with van der Waals surface area (Å²) in [5.74, 6) is 1.18. The molecule has 6 heteroatoms. The summed E-state index contributed by atoms with van der Waals surface area (Å²) in [7, 11) is 1.64. The highest BCUT2D eigenvalue weighted by atomic mass is 79.9. The second-order valence-electron chi connectivity index (χ2n) is 6.95. The van der Waals surface area contributed by atoms with Gasteiger partial charge in [0.05, 0.1) is 13.2 Å². The standard InChI is InChI=1S/C20H23BrN2O3/c1-25-20-13(11-23-10-9-14(24)12-23)5-8-19(22-20)26-18-7-6-15-16(18)3-2-4-17(15)21/h2-5,8,14,18,24H,6-7,9-12H2,1H3/t14-,18+/m1/s1. The molecular weight excluding hydrogens is 396 g/mol. The number of hydrogen-bond donors (Lipinski definition) is 1. The number of hydrogen-bond acceptors (Lipinski definition) is 5. The fraction of sp³-hybridized carbons (Fsp3) is 0.450. The lowest BCUT2D eigenvalue weighted by Crippen LogP contribution is -2.22. The third kappa shape index (κ3) is 3.59. The van der Waals surface area contributed by atoms with Crippen LogP contribution in [0.3, 0.4) is 0 Å². The minimum Gasteiger partial charge on any atom is -0.481 e. The number of pyridine rings is 1. The zero-order chi connectivity index (χ0) is 18.1. The van der Waals surface area contributed by atoms with Crippen LogP contribution >= 0.6 is 15.9 Å². The predicted molar refractivity (Wildman–Crippen MR) is 103 cm³/mol. The highest BCUT2D eigenvalue weighted by Gasteiger charge is 2.26. The van der Waals surface area contributed by atoms with Gasteiger partial charge >= 0.3 is 0 Å². The zero-order valence-corrected chi connectivity index (χ0v) is 16.4. The smallest absolute Gasteiger partial charge is 0.220 e. The molecule has 1 aliphatic carbocycles. The number of halogens is 1. The van der Waals surface area contributed by atoms with E-state index in [9.17, 15) is 5.11 Å².